The van der Waals surface area contributed by atoms with Gasteiger partial charge in [-0.1, -0.05) is 0 Å². The maximum atomic E-state index is 10.8. The first-order valence-electron chi connectivity index (χ1n) is 3.83. The summed E-state index contributed by atoms with van der Waals surface area (Å²) < 4.78 is 0. The Balaban J connectivity index is 0. The van der Waals surface area contributed by atoms with Crippen molar-refractivity contribution in [2.45, 2.75) is 25.8 Å². The van der Waals surface area contributed by atoms with Gasteiger partial charge >= 0.3 is 5.97 Å². The summed E-state index contributed by atoms with van der Waals surface area (Å²) in [6, 6.07) is -0.937. The van der Waals surface area contributed by atoms with Crippen LogP contribution < -0.4 is 11.1 Å². The normalized spacial score (nSPS) is 11.2. The van der Waals surface area contributed by atoms with Crippen LogP contribution >= 0.6 is 0 Å². The fourth-order valence-electron chi connectivity index (χ4n) is 0.696. The van der Waals surface area contributed by atoms with Crippen molar-refractivity contribution in [2.24, 2.45) is 5.73 Å². The molecular formula is C7H14CuN2O3. The number of nitrogens with two attached hydrogens (primary N) is 1. The van der Waals surface area contributed by atoms with Gasteiger partial charge in [0, 0.05) is 30.0 Å². The number of amides is 1. The molecule has 0 rings (SSSR count). The topological polar surface area (TPSA) is 92.4 Å². The van der Waals surface area contributed by atoms with E-state index in [0.29, 0.717) is 6.54 Å². The zero-order valence-corrected chi connectivity index (χ0v) is 8.28. The second kappa shape index (κ2) is 8.04. The summed E-state index contributed by atoms with van der Waals surface area (Å²) in [7, 11) is 0. The first-order valence-corrected chi connectivity index (χ1v) is 3.83. The average Bonchev–Trinajstić information content (AvgIpc) is 2.00. The van der Waals surface area contributed by atoms with Crippen LogP contribution in [-0.4, -0.2) is 29.6 Å². The average molecular weight is 238 g/mol. The molecule has 0 aromatic heterocycles. The standard InChI is InChI=1S/C7H14N2O3.Cu/c1-2-9-6(10)4-3-5(8)7(11)12;/h5H,2-4,8H2,1H3,(H,9,10)(H,11,12);. The monoisotopic (exact) mass is 237 g/mol. The first kappa shape index (κ1) is 14.9. The largest absolute Gasteiger partial charge is 0.480 e. The molecule has 1 unspecified atom stereocenters. The van der Waals surface area contributed by atoms with Crippen LogP contribution in [0.15, 0.2) is 0 Å². The van der Waals surface area contributed by atoms with Gasteiger partial charge in [-0.25, -0.2) is 0 Å². The quantitative estimate of drug-likeness (QED) is 0.552. The minimum absolute atomic E-state index is 0. The molecule has 1 radical (unpaired) electrons. The van der Waals surface area contributed by atoms with E-state index in [0.717, 1.165) is 0 Å². The predicted octanol–water partition coefficient (Wildman–Crippen LogP) is -0.688. The molecule has 4 N–H and O–H groups in total. The summed E-state index contributed by atoms with van der Waals surface area (Å²) in [4.78, 5) is 21.0. The van der Waals surface area contributed by atoms with Crippen LogP contribution in [0.4, 0.5) is 0 Å². The molecule has 0 bridgehead atoms. The SMILES string of the molecule is CCNC(=O)CCC(N)C(=O)O.[Cu]. The summed E-state index contributed by atoms with van der Waals surface area (Å²) in [5.41, 5.74) is 5.18. The molecule has 0 saturated carbocycles. The molecule has 0 aromatic rings. The maximum Gasteiger partial charge on any atom is 0.320 e. The molecule has 81 valence electrons. The van der Waals surface area contributed by atoms with Gasteiger partial charge in [-0.05, 0) is 13.3 Å². The van der Waals surface area contributed by atoms with Gasteiger partial charge in [0.05, 0.1) is 0 Å². The van der Waals surface area contributed by atoms with Crippen molar-refractivity contribution in [3.05, 3.63) is 0 Å². The van der Waals surface area contributed by atoms with Crippen molar-refractivity contribution < 1.29 is 31.8 Å². The third-order valence-electron chi connectivity index (χ3n) is 1.37. The Hall–Kier alpha value is -0.581. The summed E-state index contributed by atoms with van der Waals surface area (Å²) in [5.74, 6) is -1.23. The van der Waals surface area contributed by atoms with Crippen LogP contribution in [0.5, 0.6) is 0 Å². The fraction of sp³-hybridized carbons (Fsp3) is 0.714. The molecule has 1 atom stereocenters. The van der Waals surface area contributed by atoms with Crippen molar-refractivity contribution in [1.29, 1.82) is 0 Å². The minimum atomic E-state index is -1.07. The van der Waals surface area contributed by atoms with Gasteiger partial charge < -0.3 is 16.2 Å². The number of carbonyl (C=O) groups is 2. The van der Waals surface area contributed by atoms with Crippen molar-refractivity contribution in [3.63, 3.8) is 0 Å². The van der Waals surface area contributed by atoms with E-state index in [4.69, 9.17) is 10.8 Å². The van der Waals surface area contributed by atoms with Gasteiger partial charge in [-0.3, -0.25) is 9.59 Å². The Morgan fingerprint density at radius 2 is 2.08 bits per heavy atom. The number of nitrogens with one attached hydrogen (secondary N) is 1. The molecule has 0 aliphatic heterocycles. The number of hydrogen-bond acceptors (Lipinski definition) is 3. The molecule has 13 heavy (non-hydrogen) atoms. The molecular weight excluding hydrogens is 224 g/mol. The molecule has 6 heteroatoms. The summed E-state index contributed by atoms with van der Waals surface area (Å²) >= 11 is 0. The van der Waals surface area contributed by atoms with E-state index in [-0.39, 0.29) is 35.8 Å². The summed E-state index contributed by atoms with van der Waals surface area (Å²) in [6.45, 7) is 2.36. The van der Waals surface area contributed by atoms with Crippen molar-refractivity contribution >= 4 is 11.9 Å². The third-order valence-corrected chi connectivity index (χ3v) is 1.37. The fourth-order valence-corrected chi connectivity index (χ4v) is 0.696. The van der Waals surface area contributed by atoms with Gasteiger partial charge in [-0.2, -0.15) is 0 Å². The van der Waals surface area contributed by atoms with Crippen molar-refractivity contribution in [1.82, 2.24) is 5.32 Å². The molecule has 0 saturated heterocycles. The molecule has 0 aliphatic rings. The van der Waals surface area contributed by atoms with Gasteiger partial charge in [0.1, 0.15) is 6.04 Å². The Morgan fingerprint density at radius 3 is 2.46 bits per heavy atom. The molecule has 0 spiro atoms. The van der Waals surface area contributed by atoms with Gasteiger partial charge in [0.25, 0.3) is 0 Å². The summed E-state index contributed by atoms with van der Waals surface area (Å²) in [5, 5.41) is 10.9. The third kappa shape index (κ3) is 7.77. The van der Waals surface area contributed by atoms with Crippen LogP contribution in [0.25, 0.3) is 0 Å². The van der Waals surface area contributed by atoms with Crippen molar-refractivity contribution in [3.8, 4) is 0 Å². The number of rotatable bonds is 5. The zero-order valence-electron chi connectivity index (χ0n) is 7.34. The number of carboxylic acid groups (broad SMARTS) is 1. The Kier molecular flexibility index (Phi) is 9.22. The van der Waals surface area contributed by atoms with Crippen LogP contribution in [0.1, 0.15) is 19.8 Å². The summed E-state index contributed by atoms with van der Waals surface area (Å²) in [6.07, 6.45) is 0.350. The van der Waals surface area contributed by atoms with Crippen LogP contribution in [-0.2, 0) is 26.7 Å². The van der Waals surface area contributed by atoms with E-state index in [1.807, 2.05) is 0 Å². The molecule has 0 aromatic carbocycles. The minimum Gasteiger partial charge on any atom is -0.480 e. The van der Waals surface area contributed by atoms with E-state index >= 15 is 0 Å². The Morgan fingerprint density at radius 1 is 1.54 bits per heavy atom. The van der Waals surface area contributed by atoms with E-state index in [1.165, 1.54) is 0 Å². The van der Waals surface area contributed by atoms with E-state index in [9.17, 15) is 9.59 Å². The van der Waals surface area contributed by atoms with Crippen molar-refractivity contribution in [2.75, 3.05) is 6.54 Å². The van der Waals surface area contributed by atoms with Gasteiger partial charge in [0.15, 0.2) is 0 Å². The number of carbonyl (C=O) groups excluding carboxylic acids is 1. The van der Waals surface area contributed by atoms with Crippen LogP contribution in [0.3, 0.4) is 0 Å². The van der Waals surface area contributed by atoms with Gasteiger partial charge in [0.2, 0.25) is 5.91 Å². The maximum absolute atomic E-state index is 10.8. The van der Waals surface area contributed by atoms with Gasteiger partial charge in [-0.15, -0.1) is 0 Å². The van der Waals surface area contributed by atoms with E-state index in [2.05, 4.69) is 5.32 Å². The second-order valence-electron chi connectivity index (χ2n) is 2.44. The van der Waals surface area contributed by atoms with E-state index in [1.54, 1.807) is 6.92 Å². The molecule has 1 amide bonds. The number of hydrogen-bond donors (Lipinski definition) is 3. The zero-order chi connectivity index (χ0) is 9.56. The Bertz CT molecular complexity index is 175. The van der Waals surface area contributed by atoms with Crippen LogP contribution in [0, 0.1) is 0 Å². The number of carboxylic acids is 1. The van der Waals surface area contributed by atoms with E-state index < -0.39 is 12.0 Å². The first-order chi connectivity index (χ1) is 5.57. The second-order valence-corrected chi connectivity index (χ2v) is 2.44. The Labute approximate surface area is 87.5 Å². The molecule has 5 nitrogen and oxygen atoms in total. The van der Waals surface area contributed by atoms with Crippen LogP contribution in [0.2, 0.25) is 0 Å². The molecule has 0 fully saturated rings. The molecule has 0 heterocycles. The predicted molar refractivity (Wildman–Crippen MR) is 43.5 cm³/mol. The smallest absolute Gasteiger partial charge is 0.320 e. The molecule has 0 aliphatic carbocycles. The number of aliphatic carboxylic acids is 1.